The van der Waals surface area contributed by atoms with E-state index in [-0.39, 0.29) is 17.5 Å². The Balaban J connectivity index is 1.60. The highest BCUT2D eigenvalue weighted by molar-refractivity contribution is 9.10. The number of benzene rings is 3. The summed E-state index contributed by atoms with van der Waals surface area (Å²) in [4.78, 5) is 13.7. The molecule has 0 saturated heterocycles. The zero-order chi connectivity index (χ0) is 24.5. The first-order chi connectivity index (χ1) is 17.0. The number of Topliss-reactive ketones (excluding diaryl/α,β-unsaturated/α-hetero) is 1. The number of fused-ring (bicyclic) bond motifs is 1. The molecule has 2 aliphatic rings. The van der Waals surface area contributed by atoms with Crippen molar-refractivity contribution in [3.63, 3.8) is 0 Å². The number of ether oxygens (including phenoxy) is 2. The highest BCUT2D eigenvalue weighted by atomic mass is 79.9. The van der Waals surface area contributed by atoms with E-state index in [4.69, 9.17) is 9.47 Å². The highest BCUT2D eigenvalue weighted by Crippen LogP contribution is 2.46. The fourth-order valence-electron chi connectivity index (χ4n) is 4.88. The molecule has 3 aromatic carbocycles. The summed E-state index contributed by atoms with van der Waals surface area (Å²) >= 11 is 3.46. The third-order valence-corrected chi connectivity index (χ3v) is 7.18. The second-order valence-electron chi connectivity index (χ2n) is 8.72. The molecule has 1 heterocycles. The molecule has 0 fully saturated rings. The van der Waals surface area contributed by atoms with Gasteiger partial charge in [-0.3, -0.25) is 4.79 Å². The van der Waals surface area contributed by atoms with Crippen LogP contribution < -0.4 is 20.1 Å². The van der Waals surface area contributed by atoms with Crippen molar-refractivity contribution in [2.75, 3.05) is 24.4 Å². The Kier molecular flexibility index (Phi) is 6.43. The summed E-state index contributed by atoms with van der Waals surface area (Å²) in [5.74, 6) is 1.38. The maximum absolute atomic E-state index is 13.7. The van der Waals surface area contributed by atoms with E-state index in [1.807, 2.05) is 67.6 Å². The summed E-state index contributed by atoms with van der Waals surface area (Å²) in [6, 6.07) is 19.1. The van der Waals surface area contributed by atoms with Crippen molar-refractivity contribution in [2.24, 2.45) is 0 Å². The van der Waals surface area contributed by atoms with Crippen LogP contribution in [0.5, 0.6) is 17.2 Å². The number of carbonyl (C=O) groups is 1. The van der Waals surface area contributed by atoms with Gasteiger partial charge in [-0.2, -0.15) is 0 Å². The molecule has 0 aromatic heterocycles. The van der Waals surface area contributed by atoms with E-state index in [1.54, 1.807) is 7.11 Å². The molecule has 7 heteroatoms. The average Bonchev–Trinajstić information content (AvgIpc) is 3.04. The molecular weight excluding hydrogens is 508 g/mol. The smallest absolute Gasteiger partial charge is 0.172 e. The topological polar surface area (TPSA) is 79.8 Å². The van der Waals surface area contributed by atoms with E-state index in [0.717, 1.165) is 33.9 Å². The first-order valence-electron chi connectivity index (χ1n) is 11.7. The Labute approximate surface area is 213 Å². The van der Waals surface area contributed by atoms with E-state index >= 15 is 0 Å². The number of para-hydroxylation sites is 2. The van der Waals surface area contributed by atoms with Crippen LogP contribution in [-0.2, 0) is 4.79 Å². The second kappa shape index (κ2) is 9.66. The van der Waals surface area contributed by atoms with Crippen LogP contribution in [0.1, 0.15) is 42.9 Å². The molecule has 5 rings (SSSR count). The molecule has 0 amide bonds. The summed E-state index contributed by atoms with van der Waals surface area (Å²) in [6.07, 6.45) is 1.12. The van der Waals surface area contributed by atoms with Crippen molar-refractivity contribution >= 4 is 33.1 Å². The van der Waals surface area contributed by atoms with Gasteiger partial charge in [0.15, 0.2) is 17.3 Å². The Hall–Kier alpha value is -3.45. The first kappa shape index (κ1) is 23.3. The standard InChI is InChI=1S/C28H27BrN2O4/c1-3-35-25-15-18(12-20(29)28(25)33)27-26-23(30-21-6-4-5-7-22(21)31-27)13-17(14-24(26)32)16-8-10-19(34-2)11-9-16/h4-12,15,17,27,30-31,33H,3,13-14H2,1-2H3/t17-,27+/m0/s1. The minimum absolute atomic E-state index is 0.0477. The van der Waals surface area contributed by atoms with Gasteiger partial charge in [-0.05, 0) is 82.7 Å². The number of methoxy groups -OCH3 is 1. The number of halogens is 1. The van der Waals surface area contributed by atoms with Crippen LogP contribution in [0.2, 0.25) is 0 Å². The number of nitrogens with one attached hydrogen (secondary N) is 2. The van der Waals surface area contributed by atoms with Crippen LogP contribution in [0.4, 0.5) is 11.4 Å². The molecule has 1 aliphatic carbocycles. The van der Waals surface area contributed by atoms with Gasteiger partial charge in [0.2, 0.25) is 0 Å². The number of anilines is 2. The third-order valence-electron chi connectivity index (χ3n) is 6.58. The molecule has 1 aliphatic heterocycles. The Bertz CT molecular complexity index is 1300. The van der Waals surface area contributed by atoms with Crippen LogP contribution in [-0.4, -0.2) is 24.6 Å². The van der Waals surface area contributed by atoms with Gasteiger partial charge in [0.05, 0.1) is 35.6 Å². The summed E-state index contributed by atoms with van der Waals surface area (Å²) in [6.45, 7) is 2.29. The summed E-state index contributed by atoms with van der Waals surface area (Å²) in [5, 5.41) is 17.6. The van der Waals surface area contributed by atoms with Gasteiger partial charge < -0.3 is 25.2 Å². The summed E-state index contributed by atoms with van der Waals surface area (Å²) in [5.41, 5.74) is 5.40. The number of phenolic OH excluding ortho intramolecular Hbond substituents is 1. The lowest BCUT2D eigenvalue weighted by atomic mass is 9.78. The number of carbonyl (C=O) groups excluding carboxylic acids is 1. The molecule has 3 aromatic rings. The van der Waals surface area contributed by atoms with E-state index < -0.39 is 6.04 Å². The van der Waals surface area contributed by atoms with E-state index in [1.165, 1.54) is 0 Å². The molecule has 0 unspecified atom stereocenters. The Morgan fingerprint density at radius 3 is 2.49 bits per heavy atom. The van der Waals surface area contributed by atoms with Crippen LogP contribution in [0, 0.1) is 0 Å². The fraction of sp³-hybridized carbons (Fsp3) is 0.250. The van der Waals surface area contributed by atoms with Gasteiger partial charge >= 0.3 is 0 Å². The number of ketones is 1. The molecule has 3 N–H and O–H groups in total. The molecular formula is C28H27BrN2O4. The highest BCUT2D eigenvalue weighted by Gasteiger charge is 2.36. The zero-order valence-corrected chi connectivity index (χ0v) is 21.2. The van der Waals surface area contributed by atoms with Gasteiger partial charge in [0, 0.05) is 17.7 Å². The van der Waals surface area contributed by atoms with Crippen LogP contribution in [0.15, 0.2) is 76.4 Å². The van der Waals surface area contributed by atoms with Crippen LogP contribution >= 0.6 is 15.9 Å². The monoisotopic (exact) mass is 534 g/mol. The molecule has 2 atom stereocenters. The van der Waals surface area contributed by atoms with Crippen molar-refractivity contribution in [2.45, 2.75) is 31.7 Å². The maximum atomic E-state index is 13.7. The number of aromatic hydroxyl groups is 1. The molecule has 6 nitrogen and oxygen atoms in total. The van der Waals surface area contributed by atoms with Gasteiger partial charge in [0.1, 0.15) is 5.75 Å². The predicted molar refractivity (Wildman–Crippen MR) is 140 cm³/mol. The van der Waals surface area contributed by atoms with Gasteiger partial charge in [-0.25, -0.2) is 0 Å². The minimum atomic E-state index is -0.401. The number of hydrogen-bond acceptors (Lipinski definition) is 6. The predicted octanol–water partition coefficient (Wildman–Crippen LogP) is 6.54. The minimum Gasteiger partial charge on any atom is -0.503 e. The molecule has 0 saturated carbocycles. The molecule has 0 radical (unpaired) electrons. The Morgan fingerprint density at radius 2 is 1.77 bits per heavy atom. The molecule has 180 valence electrons. The largest absolute Gasteiger partial charge is 0.503 e. The maximum Gasteiger partial charge on any atom is 0.172 e. The van der Waals surface area contributed by atoms with Crippen molar-refractivity contribution in [1.82, 2.24) is 0 Å². The normalized spacial score (nSPS) is 19.1. The van der Waals surface area contributed by atoms with Crippen molar-refractivity contribution < 1.29 is 19.4 Å². The first-order valence-corrected chi connectivity index (χ1v) is 12.5. The number of allylic oxidation sites excluding steroid dienone is 1. The van der Waals surface area contributed by atoms with Crippen LogP contribution in [0.25, 0.3) is 0 Å². The lowest BCUT2D eigenvalue weighted by Gasteiger charge is -2.30. The lowest BCUT2D eigenvalue weighted by molar-refractivity contribution is -0.116. The van der Waals surface area contributed by atoms with Crippen molar-refractivity contribution in [3.05, 3.63) is 87.5 Å². The van der Waals surface area contributed by atoms with Crippen molar-refractivity contribution in [3.8, 4) is 17.2 Å². The van der Waals surface area contributed by atoms with E-state index in [0.29, 0.717) is 35.2 Å². The fourth-order valence-corrected chi connectivity index (χ4v) is 5.34. The number of rotatable bonds is 5. The lowest BCUT2D eigenvalue weighted by Crippen LogP contribution is -2.27. The van der Waals surface area contributed by atoms with Gasteiger partial charge in [0.25, 0.3) is 0 Å². The molecule has 35 heavy (non-hydrogen) atoms. The third kappa shape index (κ3) is 4.48. The van der Waals surface area contributed by atoms with Gasteiger partial charge in [-0.15, -0.1) is 0 Å². The second-order valence-corrected chi connectivity index (χ2v) is 9.58. The number of hydrogen-bond donors (Lipinski definition) is 3. The number of phenols is 1. The average molecular weight is 535 g/mol. The van der Waals surface area contributed by atoms with E-state index in [9.17, 15) is 9.90 Å². The van der Waals surface area contributed by atoms with Gasteiger partial charge in [-0.1, -0.05) is 24.3 Å². The van der Waals surface area contributed by atoms with E-state index in [2.05, 4.69) is 26.6 Å². The SMILES string of the molecule is CCOc1cc([C@H]2Nc3ccccc3NC3=C2C(=O)C[C@@H](c2ccc(OC)cc2)C3)cc(Br)c1O. The molecule has 0 bridgehead atoms. The van der Waals surface area contributed by atoms with Crippen molar-refractivity contribution in [1.29, 1.82) is 0 Å². The quantitative estimate of drug-likeness (QED) is 0.344. The summed E-state index contributed by atoms with van der Waals surface area (Å²) < 4.78 is 11.5. The molecule has 0 spiro atoms. The van der Waals surface area contributed by atoms with Crippen LogP contribution in [0.3, 0.4) is 0 Å². The summed E-state index contributed by atoms with van der Waals surface area (Å²) in [7, 11) is 1.65. The zero-order valence-electron chi connectivity index (χ0n) is 19.6. The Morgan fingerprint density at radius 1 is 1.03 bits per heavy atom.